The summed E-state index contributed by atoms with van der Waals surface area (Å²) < 4.78 is 1.89. The van der Waals surface area contributed by atoms with E-state index in [1.165, 1.54) is 11.3 Å². The predicted molar refractivity (Wildman–Crippen MR) is 76.7 cm³/mol. The number of fused-ring (bicyclic) bond motifs is 1. The zero-order valence-corrected chi connectivity index (χ0v) is 13.1. The fourth-order valence-corrected chi connectivity index (χ4v) is 3.53. The maximum absolute atomic E-state index is 11.7. The Labute approximate surface area is 127 Å². The number of thiophene rings is 1. The highest BCUT2D eigenvalue weighted by atomic mass is 79.9. The largest absolute Gasteiger partial charge is 0.505 e. The summed E-state index contributed by atoms with van der Waals surface area (Å²) in [6.45, 7) is -0.539. The van der Waals surface area contributed by atoms with Gasteiger partial charge in [-0.3, -0.25) is 9.59 Å². The molecule has 0 radical (unpaired) electrons. The first-order valence-corrected chi connectivity index (χ1v) is 7.28. The molecule has 0 aliphatic heterocycles. The lowest BCUT2D eigenvalue weighted by atomic mass is 10.2. The van der Waals surface area contributed by atoms with E-state index in [0.717, 1.165) is 3.79 Å². The highest BCUT2D eigenvalue weighted by Gasteiger charge is 2.20. The number of hydrogen-bond donors (Lipinski definition) is 3. The van der Waals surface area contributed by atoms with Gasteiger partial charge in [-0.2, -0.15) is 0 Å². The zero-order valence-electron chi connectivity index (χ0n) is 9.11. The van der Waals surface area contributed by atoms with Crippen LogP contribution in [-0.2, 0) is 4.79 Å². The molecule has 0 bridgehead atoms. The van der Waals surface area contributed by atoms with Crippen molar-refractivity contribution in [2.45, 2.75) is 0 Å². The summed E-state index contributed by atoms with van der Waals surface area (Å²) in [4.78, 5) is 26.1. The van der Waals surface area contributed by atoms with E-state index in [0.29, 0.717) is 14.7 Å². The molecule has 1 amide bonds. The molecule has 3 N–H and O–H groups in total. The third-order valence-electron chi connectivity index (χ3n) is 2.19. The summed E-state index contributed by atoms with van der Waals surface area (Å²) in [5, 5.41) is 21.1. The molecule has 0 aliphatic rings. The van der Waals surface area contributed by atoms with Crippen molar-refractivity contribution in [3.63, 3.8) is 0 Å². The van der Waals surface area contributed by atoms with Crippen molar-refractivity contribution < 1.29 is 19.8 Å². The molecule has 2 aromatic rings. The van der Waals surface area contributed by atoms with Crippen LogP contribution in [0.4, 0.5) is 0 Å². The standard InChI is InChI=1S/C10H6Br2N2O4S/c11-4-1-3-7(17)6(10(18)13-2-5(15)16)14-9(12)8(3)19-4/h1,17H,2H2,(H,13,18)(H,15,16). The molecule has 100 valence electrons. The average Bonchev–Trinajstić information content (AvgIpc) is 2.73. The number of carboxylic acid groups (broad SMARTS) is 1. The molecular formula is C10H6Br2N2O4S. The summed E-state index contributed by atoms with van der Waals surface area (Å²) in [6.07, 6.45) is 0. The lowest BCUT2D eigenvalue weighted by Gasteiger charge is -2.06. The van der Waals surface area contributed by atoms with Gasteiger partial charge in [0, 0.05) is 5.39 Å². The number of aromatic nitrogens is 1. The van der Waals surface area contributed by atoms with Crippen molar-refractivity contribution in [3.8, 4) is 5.75 Å². The van der Waals surface area contributed by atoms with Gasteiger partial charge in [-0.25, -0.2) is 4.98 Å². The number of aliphatic carboxylic acids is 1. The molecule has 0 saturated carbocycles. The Kier molecular flexibility index (Phi) is 4.07. The maximum Gasteiger partial charge on any atom is 0.322 e. The van der Waals surface area contributed by atoms with Crippen LogP contribution in [-0.4, -0.2) is 33.6 Å². The Bertz CT molecular complexity index is 686. The molecule has 0 saturated heterocycles. The fourth-order valence-electron chi connectivity index (χ4n) is 1.42. The smallest absolute Gasteiger partial charge is 0.322 e. The van der Waals surface area contributed by atoms with Crippen LogP contribution in [0.25, 0.3) is 10.1 Å². The topological polar surface area (TPSA) is 99.5 Å². The second-order valence-corrected chi connectivity index (χ2v) is 6.65. The number of rotatable bonds is 3. The summed E-state index contributed by atoms with van der Waals surface area (Å²) in [5.74, 6) is -2.20. The Morgan fingerprint density at radius 2 is 2.11 bits per heavy atom. The van der Waals surface area contributed by atoms with Crippen molar-refractivity contribution in [3.05, 3.63) is 20.1 Å². The van der Waals surface area contributed by atoms with Crippen LogP contribution in [0, 0.1) is 0 Å². The van der Waals surface area contributed by atoms with Gasteiger partial charge >= 0.3 is 5.97 Å². The third kappa shape index (κ3) is 2.88. The molecule has 9 heteroatoms. The number of pyridine rings is 1. The zero-order chi connectivity index (χ0) is 14.2. The van der Waals surface area contributed by atoms with Crippen LogP contribution < -0.4 is 5.32 Å². The molecule has 0 aliphatic carbocycles. The van der Waals surface area contributed by atoms with E-state index in [4.69, 9.17) is 5.11 Å². The SMILES string of the molecule is O=C(O)CNC(=O)c1nc(Br)c2sc(Br)cc2c1O. The molecule has 0 spiro atoms. The van der Waals surface area contributed by atoms with Crippen LogP contribution in [0.3, 0.4) is 0 Å². The second-order valence-electron chi connectivity index (χ2n) is 3.47. The van der Waals surface area contributed by atoms with Gasteiger partial charge in [0.2, 0.25) is 0 Å². The van der Waals surface area contributed by atoms with E-state index in [1.807, 2.05) is 0 Å². The number of carbonyl (C=O) groups excluding carboxylic acids is 1. The van der Waals surface area contributed by atoms with E-state index in [-0.39, 0.29) is 11.4 Å². The number of aromatic hydroxyl groups is 1. The average molecular weight is 410 g/mol. The Hall–Kier alpha value is -1.19. The Morgan fingerprint density at radius 1 is 1.42 bits per heavy atom. The van der Waals surface area contributed by atoms with Crippen LogP contribution >= 0.6 is 43.2 Å². The number of amides is 1. The van der Waals surface area contributed by atoms with Gasteiger partial charge < -0.3 is 15.5 Å². The first kappa shape index (κ1) is 14.2. The van der Waals surface area contributed by atoms with Crippen LogP contribution in [0.2, 0.25) is 0 Å². The molecule has 2 heterocycles. The molecule has 0 unspecified atom stereocenters. The lowest BCUT2D eigenvalue weighted by molar-refractivity contribution is -0.135. The predicted octanol–water partition coefficient (Wildman–Crippen LogP) is 2.34. The number of carbonyl (C=O) groups is 2. The third-order valence-corrected chi connectivity index (χ3v) is 4.68. The monoisotopic (exact) mass is 408 g/mol. The molecule has 2 aromatic heterocycles. The summed E-state index contributed by atoms with van der Waals surface area (Å²) >= 11 is 7.85. The van der Waals surface area contributed by atoms with Gasteiger partial charge in [0.15, 0.2) is 11.4 Å². The van der Waals surface area contributed by atoms with Crippen molar-refractivity contribution in [1.82, 2.24) is 10.3 Å². The molecule has 6 nitrogen and oxygen atoms in total. The van der Waals surface area contributed by atoms with Gasteiger partial charge in [0.25, 0.3) is 5.91 Å². The number of nitrogens with zero attached hydrogens (tertiary/aromatic N) is 1. The van der Waals surface area contributed by atoms with Gasteiger partial charge in [-0.1, -0.05) is 0 Å². The van der Waals surface area contributed by atoms with E-state index in [9.17, 15) is 14.7 Å². The van der Waals surface area contributed by atoms with E-state index >= 15 is 0 Å². The minimum absolute atomic E-state index is 0.217. The van der Waals surface area contributed by atoms with Crippen LogP contribution in [0.1, 0.15) is 10.5 Å². The van der Waals surface area contributed by atoms with Crippen molar-refractivity contribution in [2.24, 2.45) is 0 Å². The van der Waals surface area contributed by atoms with Gasteiger partial charge in [-0.05, 0) is 37.9 Å². The summed E-state index contributed by atoms with van der Waals surface area (Å²) in [5.41, 5.74) is -0.217. The maximum atomic E-state index is 11.7. The molecule has 0 fully saturated rings. The first-order chi connectivity index (χ1) is 8.90. The molecule has 0 aromatic carbocycles. The van der Waals surface area contributed by atoms with E-state index in [2.05, 4.69) is 42.2 Å². The molecular weight excluding hydrogens is 404 g/mol. The minimum Gasteiger partial charge on any atom is -0.505 e. The minimum atomic E-state index is -1.17. The molecule has 0 atom stereocenters. The first-order valence-electron chi connectivity index (χ1n) is 4.87. The fraction of sp³-hybridized carbons (Fsp3) is 0.100. The Morgan fingerprint density at radius 3 is 2.74 bits per heavy atom. The van der Waals surface area contributed by atoms with E-state index < -0.39 is 18.4 Å². The highest BCUT2D eigenvalue weighted by Crippen LogP contribution is 2.39. The van der Waals surface area contributed by atoms with Crippen LogP contribution in [0.5, 0.6) is 5.75 Å². The summed E-state index contributed by atoms with van der Waals surface area (Å²) in [6, 6.07) is 1.66. The van der Waals surface area contributed by atoms with Gasteiger partial charge in [0.1, 0.15) is 11.1 Å². The normalized spacial score (nSPS) is 10.6. The van der Waals surface area contributed by atoms with Gasteiger partial charge in [-0.15, -0.1) is 11.3 Å². The highest BCUT2D eigenvalue weighted by molar-refractivity contribution is 9.11. The quantitative estimate of drug-likeness (QED) is 0.675. The molecule has 2 rings (SSSR count). The van der Waals surface area contributed by atoms with Crippen molar-refractivity contribution >= 4 is 65.2 Å². The number of carboxylic acids is 1. The second kappa shape index (κ2) is 5.43. The number of nitrogens with one attached hydrogen (secondary N) is 1. The lowest BCUT2D eigenvalue weighted by Crippen LogP contribution is -2.30. The van der Waals surface area contributed by atoms with E-state index in [1.54, 1.807) is 6.07 Å². The van der Waals surface area contributed by atoms with Gasteiger partial charge in [0.05, 0.1) is 8.49 Å². The Balaban J connectivity index is 2.46. The molecule has 19 heavy (non-hydrogen) atoms. The number of hydrogen-bond acceptors (Lipinski definition) is 5. The van der Waals surface area contributed by atoms with Crippen molar-refractivity contribution in [1.29, 1.82) is 0 Å². The van der Waals surface area contributed by atoms with Crippen molar-refractivity contribution in [2.75, 3.05) is 6.54 Å². The van der Waals surface area contributed by atoms with Crippen LogP contribution in [0.15, 0.2) is 14.5 Å². The summed E-state index contributed by atoms with van der Waals surface area (Å²) in [7, 11) is 0. The number of halogens is 2.